The van der Waals surface area contributed by atoms with Crippen molar-refractivity contribution >= 4 is 5.97 Å². The summed E-state index contributed by atoms with van der Waals surface area (Å²) in [6, 6.07) is 0. The van der Waals surface area contributed by atoms with Crippen LogP contribution in [0.5, 0.6) is 0 Å². The molecule has 0 unspecified atom stereocenters. The quantitative estimate of drug-likeness (QED) is 0.557. The van der Waals surface area contributed by atoms with Crippen LogP contribution in [-0.4, -0.2) is 36.6 Å². The lowest BCUT2D eigenvalue weighted by Gasteiger charge is -2.32. The molecule has 3 aliphatic rings. The molecule has 3 atom stereocenters. The second kappa shape index (κ2) is 7.86. The molecule has 0 N–H and O–H groups in total. The van der Waals surface area contributed by atoms with Crippen LogP contribution in [0.3, 0.4) is 0 Å². The molecule has 0 amide bonds. The number of hydrogen-bond donors (Lipinski definition) is 0. The van der Waals surface area contributed by atoms with E-state index in [0.29, 0.717) is 5.92 Å². The summed E-state index contributed by atoms with van der Waals surface area (Å²) in [4.78, 5) is 15.1. The number of rotatable bonds is 2. The molecule has 3 rings (SSSR count). The normalized spacial score (nSPS) is 35.6. The van der Waals surface area contributed by atoms with Gasteiger partial charge in [-0.25, -0.2) is 0 Å². The van der Waals surface area contributed by atoms with Gasteiger partial charge in [0.1, 0.15) is 6.10 Å². The monoisotopic (exact) mass is 331 g/mol. The largest absolute Gasteiger partial charge is 0.458 e. The summed E-state index contributed by atoms with van der Waals surface area (Å²) in [7, 11) is 0. The zero-order valence-electron chi connectivity index (χ0n) is 15.6. The van der Waals surface area contributed by atoms with Gasteiger partial charge in [-0.2, -0.15) is 0 Å². The van der Waals surface area contributed by atoms with Crippen molar-refractivity contribution in [1.82, 2.24) is 4.90 Å². The Hall–Kier alpha value is -1.09. The van der Waals surface area contributed by atoms with Crippen molar-refractivity contribution in [3.63, 3.8) is 0 Å². The summed E-state index contributed by atoms with van der Waals surface area (Å²) < 4.78 is 5.82. The minimum Gasteiger partial charge on any atom is -0.458 e. The lowest BCUT2D eigenvalue weighted by atomic mass is 9.83. The molecule has 24 heavy (non-hydrogen) atoms. The zero-order valence-corrected chi connectivity index (χ0v) is 15.6. The SMILES string of the molecule is CC1=CCC/C(C)=C/[C@H]2OC(=O)[C@@H](CN3CCC(C)CC3)[C@@H]2CC1. The number of allylic oxidation sites excluding steroid dienone is 3. The van der Waals surface area contributed by atoms with Crippen LogP contribution in [0.2, 0.25) is 0 Å². The summed E-state index contributed by atoms with van der Waals surface area (Å²) in [5.74, 6) is 1.26. The minimum atomic E-state index is -0.00267. The van der Waals surface area contributed by atoms with E-state index in [9.17, 15) is 4.79 Å². The maximum Gasteiger partial charge on any atom is 0.311 e. The molecule has 134 valence electrons. The molecule has 0 saturated carbocycles. The van der Waals surface area contributed by atoms with E-state index in [-0.39, 0.29) is 18.0 Å². The highest BCUT2D eigenvalue weighted by molar-refractivity contribution is 5.76. The second-order valence-corrected chi connectivity index (χ2v) is 8.30. The Labute approximate surface area is 147 Å². The van der Waals surface area contributed by atoms with Gasteiger partial charge < -0.3 is 9.64 Å². The van der Waals surface area contributed by atoms with Gasteiger partial charge in [0.05, 0.1) is 5.92 Å². The number of esters is 1. The van der Waals surface area contributed by atoms with E-state index in [1.54, 1.807) is 0 Å². The molecular formula is C21H33NO2. The van der Waals surface area contributed by atoms with E-state index in [4.69, 9.17) is 4.74 Å². The standard InChI is InChI=1S/C21H33NO2/c1-15-5-4-6-17(3)13-20-18(8-7-15)19(21(23)24-20)14-22-11-9-16(2)10-12-22/h5,13,16,18-20H,4,6-12,14H2,1-3H3/b15-5?,17-13+/t18-,19-,20+/m0/s1. The average Bonchev–Trinajstić information content (AvgIpc) is 2.82. The highest BCUT2D eigenvalue weighted by Crippen LogP contribution is 2.36. The van der Waals surface area contributed by atoms with Crippen molar-refractivity contribution in [2.24, 2.45) is 17.8 Å². The topological polar surface area (TPSA) is 29.5 Å². The van der Waals surface area contributed by atoms with Gasteiger partial charge in [-0.15, -0.1) is 0 Å². The third kappa shape index (κ3) is 4.30. The third-order valence-corrected chi connectivity index (χ3v) is 6.18. The highest BCUT2D eigenvalue weighted by Gasteiger charge is 2.44. The van der Waals surface area contributed by atoms with E-state index < -0.39 is 0 Å². The van der Waals surface area contributed by atoms with E-state index in [2.05, 4.69) is 37.8 Å². The Morgan fingerprint density at radius 2 is 1.88 bits per heavy atom. The molecule has 3 nitrogen and oxygen atoms in total. The van der Waals surface area contributed by atoms with Crippen LogP contribution in [0.15, 0.2) is 23.3 Å². The van der Waals surface area contributed by atoms with E-state index >= 15 is 0 Å². The van der Waals surface area contributed by atoms with Crippen LogP contribution in [-0.2, 0) is 9.53 Å². The first-order valence-electron chi connectivity index (χ1n) is 9.78. The van der Waals surface area contributed by atoms with Gasteiger partial charge >= 0.3 is 5.97 Å². The van der Waals surface area contributed by atoms with Crippen molar-refractivity contribution < 1.29 is 9.53 Å². The van der Waals surface area contributed by atoms with Crippen molar-refractivity contribution in [3.8, 4) is 0 Å². The number of piperidine rings is 1. The molecule has 0 spiro atoms. The molecule has 0 radical (unpaired) electrons. The lowest BCUT2D eigenvalue weighted by Crippen LogP contribution is -2.39. The Bertz CT molecular complexity index is 514. The third-order valence-electron chi connectivity index (χ3n) is 6.18. The summed E-state index contributed by atoms with van der Waals surface area (Å²) in [6.45, 7) is 9.90. The molecule has 2 saturated heterocycles. The van der Waals surface area contributed by atoms with Gasteiger partial charge in [-0.1, -0.05) is 24.1 Å². The highest BCUT2D eigenvalue weighted by atomic mass is 16.6. The van der Waals surface area contributed by atoms with Gasteiger partial charge in [0.15, 0.2) is 0 Å². The maximum absolute atomic E-state index is 12.6. The first kappa shape index (κ1) is 17.7. The van der Waals surface area contributed by atoms with Crippen molar-refractivity contribution in [1.29, 1.82) is 0 Å². The Balaban J connectivity index is 1.72. The van der Waals surface area contributed by atoms with Crippen molar-refractivity contribution in [2.45, 2.75) is 65.4 Å². The van der Waals surface area contributed by atoms with Gasteiger partial charge in [0.2, 0.25) is 0 Å². The van der Waals surface area contributed by atoms with E-state index in [1.165, 1.54) is 24.0 Å². The predicted octanol–water partition coefficient (Wildman–Crippen LogP) is 4.34. The van der Waals surface area contributed by atoms with Gasteiger partial charge in [-0.3, -0.25) is 4.79 Å². The molecule has 1 aliphatic carbocycles. The number of likely N-dealkylation sites (tertiary alicyclic amines) is 1. The average molecular weight is 332 g/mol. The van der Waals surface area contributed by atoms with Crippen LogP contribution in [0, 0.1) is 17.8 Å². The molecule has 0 aromatic heterocycles. The second-order valence-electron chi connectivity index (χ2n) is 8.30. The maximum atomic E-state index is 12.6. The molecule has 2 heterocycles. The summed E-state index contributed by atoms with van der Waals surface area (Å²) in [5.41, 5.74) is 2.82. The van der Waals surface area contributed by atoms with Gasteiger partial charge in [0.25, 0.3) is 0 Å². The van der Waals surface area contributed by atoms with Gasteiger partial charge in [0, 0.05) is 12.5 Å². The Morgan fingerprint density at radius 1 is 1.12 bits per heavy atom. The summed E-state index contributed by atoms with van der Waals surface area (Å²) in [5, 5.41) is 0. The molecular weight excluding hydrogens is 298 g/mol. The molecule has 0 aromatic rings. The molecule has 3 heteroatoms. The molecule has 2 aliphatic heterocycles. The Kier molecular flexibility index (Phi) is 5.80. The first-order valence-corrected chi connectivity index (χ1v) is 9.78. The number of ether oxygens (including phenoxy) is 1. The smallest absolute Gasteiger partial charge is 0.311 e. The Morgan fingerprint density at radius 3 is 2.62 bits per heavy atom. The van der Waals surface area contributed by atoms with Crippen LogP contribution in [0.4, 0.5) is 0 Å². The zero-order chi connectivity index (χ0) is 17.1. The fourth-order valence-electron chi connectivity index (χ4n) is 4.37. The van der Waals surface area contributed by atoms with Crippen molar-refractivity contribution in [2.75, 3.05) is 19.6 Å². The van der Waals surface area contributed by atoms with Crippen LogP contribution < -0.4 is 0 Å². The number of nitrogens with zero attached hydrogens (tertiary/aromatic N) is 1. The van der Waals surface area contributed by atoms with Gasteiger partial charge in [-0.05, 0) is 77.5 Å². The number of hydrogen-bond acceptors (Lipinski definition) is 3. The molecule has 0 aromatic carbocycles. The van der Waals surface area contributed by atoms with E-state index in [0.717, 1.165) is 51.2 Å². The van der Waals surface area contributed by atoms with Crippen LogP contribution in [0.25, 0.3) is 0 Å². The number of carbonyl (C=O) groups is 1. The lowest BCUT2D eigenvalue weighted by molar-refractivity contribution is -0.143. The van der Waals surface area contributed by atoms with Crippen LogP contribution >= 0.6 is 0 Å². The number of carbonyl (C=O) groups excluding carboxylic acids is 1. The molecule has 2 fully saturated rings. The fourth-order valence-corrected chi connectivity index (χ4v) is 4.37. The summed E-state index contributed by atoms with van der Waals surface area (Å²) >= 11 is 0. The molecule has 0 bridgehead atoms. The van der Waals surface area contributed by atoms with Crippen molar-refractivity contribution in [3.05, 3.63) is 23.3 Å². The first-order chi connectivity index (χ1) is 11.5. The minimum absolute atomic E-state index is 0.00267. The van der Waals surface area contributed by atoms with Crippen LogP contribution in [0.1, 0.15) is 59.3 Å². The predicted molar refractivity (Wildman–Crippen MR) is 97.7 cm³/mol. The fraction of sp³-hybridized carbons (Fsp3) is 0.762. The van der Waals surface area contributed by atoms with E-state index in [1.807, 2.05) is 0 Å². The number of fused-ring (bicyclic) bond motifs is 1. The summed E-state index contributed by atoms with van der Waals surface area (Å²) in [6.07, 6.45) is 11.5.